The standard InChI is InChI=1S/C23H29N3O3S/c1-29-20-6-4-19(5-7-20)25-14-10-18(11-15-25)24-22(27)17-8-12-26(13-9-17)23(28)21-3-2-16-30-21/h2-7,16-18H,8-15H2,1H3,(H,24,27). The number of ether oxygens (including phenoxy) is 1. The van der Waals surface area contributed by atoms with E-state index in [0.717, 1.165) is 49.4 Å². The molecule has 2 aromatic rings. The van der Waals surface area contributed by atoms with Crippen molar-refractivity contribution < 1.29 is 14.3 Å². The normalized spacial score (nSPS) is 18.3. The molecule has 0 spiro atoms. The molecule has 2 saturated heterocycles. The molecule has 0 bridgehead atoms. The van der Waals surface area contributed by atoms with E-state index in [4.69, 9.17) is 4.74 Å². The summed E-state index contributed by atoms with van der Waals surface area (Å²) in [4.78, 5) is 30.2. The molecule has 7 heteroatoms. The van der Waals surface area contributed by atoms with E-state index >= 15 is 0 Å². The van der Waals surface area contributed by atoms with Gasteiger partial charge in [-0.15, -0.1) is 11.3 Å². The fourth-order valence-electron chi connectivity index (χ4n) is 4.29. The average Bonchev–Trinajstić information content (AvgIpc) is 3.34. The number of carbonyl (C=O) groups excluding carboxylic acids is 2. The van der Waals surface area contributed by atoms with Gasteiger partial charge in [0.15, 0.2) is 0 Å². The molecule has 1 N–H and O–H groups in total. The third kappa shape index (κ3) is 4.78. The van der Waals surface area contributed by atoms with Crippen LogP contribution in [0.1, 0.15) is 35.4 Å². The highest BCUT2D eigenvalue weighted by atomic mass is 32.1. The Hall–Kier alpha value is -2.54. The van der Waals surface area contributed by atoms with Crippen molar-refractivity contribution >= 4 is 28.8 Å². The SMILES string of the molecule is COc1ccc(N2CCC(NC(=O)C3CCN(C(=O)c4cccs4)CC3)CC2)cc1. The average molecular weight is 428 g/mol. The minimum Gasteiger partial charge on any atom is -0.497 e. The van der Waals surface area contributed by atoms with Crippen LogP contribution < -0.4 is 15.0 Å². The largest absolute Gasteiger partial charge is 0.497 e. The van der Waals surface area contributed by atoms with Crippen molar-refractivity contribution in [3.8, 4) is 5.75 Å². The second-order valence-electron chi connectivity index (χ2n) is 8.01. The smallest absolute Gasteiger partial charge is 0.263 e. The van der Waals surface area contributed by atoms with Crippen molar-refractivity contribution in [2.24, 2.45) is 5.92 Å². The highest BCUT2D eigenvalue weighted by Crippen LogP contribution is 2.24. The molecule has 0 radical (unpaired) electrons. The van der Waals surface area contributed by atoms with E-state index in [9.17, 15) is 9.59 Å². The predicted molar refractivity (Wildman–Crippen MR) is 119 cm³/mol. The monoisotopic (exact) mass is 427 g/mol. The van der Waals surface area contributed by atoms with E-state index in [2.05, 4.69) is 22.3 Å². The molecule has 0 saturated carbocycles. The maximum Gasteiger partial charge on any atom is 0.263 e. The fourth-order valence-corrected chi connectivity index (χ4v) is 4.99. The second kappa shape index (κ2) is 9.51. The molecule has 1 aromatic carbocycles. The van der Waals surface area contributed by atoms with E-state index in [1.165, 1.54) is 17.0 Å². The third-order valence-electron chi connectivity index (χ3n) is 6.16. The number of hydrogen-bond acceptors (Lipinski definition) is 5. The summed E-state index contributed by atoms with van der Waals surface area (Å²) in [5.41, 5.74) is 1.20. The topological polar surface area (TPSA) is 61.9 Å². The van der Waals surface area contributed by atoms with E-state index in [-0.39, 0.29) is 23.8 Å². The summed E-state index contributed by atoms with van der Waals surface area (Å²) in [7, 11) is 1.68. The van der Waals surface area contributed by atoms with Gasteiger partial charge in [-0.05, 0) is 61.4 Å². The van der Waals surface area contributed by atoms with Gasteiger partial charge >= 0.3 is 0 Å². The highest BCUT2D eigenvalue weighted by Gasteiger charge is 2.30. The number of benzene rings is 1. The number of likely N-dealkylation sites (tertiary alicyclic amines) is 1. The number of nitrogens with one attached hydrogen (secondary N) is 1. The van der Waals surface area contributed by atoms with Crippen LogP contribution in [0, 0.1) is 5.92 Å². The van der Waals surface area contributed by atoms with Gasteiger partial charge in [0, 0.05) is 43.8 Å². The summed E-state index contributed by atoms with van der Waals surface area (Å²) in [5, 5.41) is 5.19. The molecule has 2 aliphatic rings. The molecule has 2 fully saturated rings. The van der Waals surface area contributed by atoms with Gasteiger partial charge in [0.1, 0.15) is 5.75 Å². The van der Waals surface area contributed by atoms with Crippen LogP contribution in [0.5, 0.6) is 5.75 Å². The van der Waals surface area contributed by atoms with Crippen LogP contribution in [-0.2, 0) is 4.79 Å². The Morgan fingerprint density at radius 2 is 1.70 bits per heavy atom. The van der Waals surface area contributed by atoms with E-state index in [1.54, 1.807) is 7.11 Å². The molecular weight excluding hydrogens is 398 g/mol. The zero-order valence-corrected chi connectivity index (χ0v) is 18.2. The van der Waals surface area contributed by atoms with Crippen molar-refractivity contribution in [1.29, 1.82) is 0 Å². The molecule has 6 nitrogen and oxygen atoms in total. The van der Waals surface area contributed by atoms with Gasteiger partial charge in [0.05, 0.1) is 12.0 Å². The van der Waals surface area contributed by atoms with E-state index < -0.39 is 0 Å². The number of rotatable bonds is 5. The van der Waals surface area contributed by atoms with Crippen molar-refractivity contribution in [2.75, 3.05) is 38.2 Å². The van der Waals surface area contributed by atoms with Crippen molar-refractivity contribution in [2.45, 2.75) is 31.7 Å². The maximum atomic E-state index is 12.8. The van der Waals surface area contributed by atoms with Gasteiger partial charge in [-0.3, -0.25) is 9.59 Å². The zero-order valence-electron chi connectivity index (χ0n) is 17.4. The molecule has 3 heterocycles. The molecule has 0 atom stereocenters. The summed E-state index contributed by atoms with van der Waals surface area (Å²) < 4.78 is 5.23. The minimum atomic E-state index is 0.0111. The molecular formula is C23H29N3O3S. The molecule has 160 valence electrons. The lowest BCUT2D eigenvalue weighted by Crippen LogP contribution is -2.48. The highest BCUT2D eigenvalue weighted by molar-refractivity contribution is 7.12. The molecule has 0 aliphatic carbocycles. The van der Waals surface area contributed by atoms with E-state index in [0.29, 0.717) is 13.1 Å². The van der Waals surface area contributed by atoms with Crippen LogP contribution in [0.25, 0.3) is 0 Å². The van der Waals surface area contributed by atoms with Gasteiger partial charge in [0.25, 0.3) is 5.91 Å². The summed E-state index contributed by atoms with van der Waals surface area (Å²) >= 11 is 1.47. The quantitative estimate of drug-likeness (QED) is 0.795. The van der Waals surface area contributed by atoms with Gasteiger partial charge in [-0.1, -0.05) is 6.07 Å². The Balaban J connectivity index is 1.21. The Bertz CT molecular complexity index is 837. The molecule has 30 heavy (non-hydrogen) atoms. The van der Waals surface area contributed by atoms with Crippen LogP contribution in [0.3, 0.4) is 0 Å². The Kier molecular flexibility index (Phi) is 6.57. The van der Waals surface area contributed by atoms with Crippen LogP contribution >= 0.6 is 11.3 Å². The second-order valence-corrected chi connectivity index (χ2v) is 8.96. The minimum absolute atomic E-state index is 0.0111. The number of piperidine rings is 2. The molecule has 2 amide bonds. The predicted octanol–water partition coefficient (Wildman–Crippen LogP) is 3.39. The van der Waals surface area contributed by atoms with Crippen molar-refractivity contribution in [1.82, 2.24) is 10.2 Å². The molecule has 0 unspecified atom stereocenters. The first-order chi connectivity index (χ1) is 14.6. The van der Waals surface area contributed by atoms with Crippen molar-refractivity contribution in [3.05, 3.63) is 46.7 Å². The number of carbonyl (C=O) groups is 2. The fraction of sp³-hybridized carbons (Fsp3) is 0.478. The van der Waals surface area contributed by atoms with E-state index in [1.807, 2.05) is 34.5 Å². The number of methoxy groups -OCH3 is 1. The zero-order chi connectivity index (χ0) is 20.9. The summed E-state index contributed by atoms with van der Waals surface area (Å²) in [6, 6.07) is 12.1. The molecule has 2 aliphatic heterocycles. The first-order valence-electron chi connectivity index (χ1n) is 10.7. The number of hydrogen-bond donors (Lipinski definition) is 1. The van der Waals surface area contributed by atoms with Gasteiger partial charge in [-0.25, -0.2) is 0 Å². The lowest BCUT2D eigenvalue weighted by atomic mass is 9.94. The number of anilines is 1. The molecule has 4 rings (SSSR count). The third-order valence-corrected chi connectivity index (χ3v) is 7.02. The Morgan fingerprint density at radius 3 is 2.30 bits per heavy atom. The first-order valence-corrected chi connectivity index (χ1v) is 11.5. The van der Waals surface area contributed by atoms with Crippen LogP contribution in [-0.4, -0.2) is 56.0 Å². The lowest BCUT2D eigenvalue weighted by Gasteiger charge is -2.36. The van der Waals surface area contributed by atoms with Crippen LogP contribution in [0.15, 0.2) is 41.8 Å². The van der Waals surface area contributed by atoms with Crippen LogP contribution in [0.2, 0.25) is 0 Å². The van der Waals surface area contributed by atoms with Gasteiger partial charge in [-0.2, -0.15) is 0 Å². The number of amides is 2. The van der Waals surface area contributed by atoms with Gasteiger partial charge in [0.2, 0.25) is 5.91 Å². The van der Waals surface area contributed by atoms with Crippen molar-refractivity contribution in [3.63, 3.8) is 0 Å². The summed E-state index contributed by atoms with van der Waals surface area (Å²) in [6.45, 7) is 3.19. The van der Waals surface area contributed by atoms with Crippen LogP contribution in [0.4, 0.5) is 5.69 Å². The maximum absolute atomic E-state index is 12.8. The summed E-state index contributed by atoms with van der Waals surface area (Å²) in [6.07, 6.45) is 3.39. The summed E-state index contributed by atoms with van der Waals surface area (Å²) in [5.74, 6) is 1.12. The number of nitrogens with zero attached hydrogens (tertiary/aromatic N) is 2. The van der Waals surface area contributed by atoms with Gasteiger partial charge < -0.3 is 19.9 Å². The Morgan fingerprint density at radius 1 is 1.00 bits per heavy atom. The Labute approximate surface area is 181 Å². The lowest BCUT2D eigenvalue weighted by molar-refractivity contribution is -0.127. The molecule has 1 aromatic heterocycles. The first kappa shape index (κ1) is 20.7. The number of thiophene rings is 1.